The minimum atomic E-state index is -0.210. The highest BCUT2D eigenvalue weighted by molar-refractivity contribution is 5.81. The maximum atomic E-state index is 11.1. The van der Waals surface area contributed by atoms with Gasteiger partial charge >= 0.3 is 5.97 Å². The Hall–Kier alpha value is -1.64. The molecule has 15 heavy (non-hydrogen) atoms. The van der Waals surface area contributed by atoms with E-state index in [4.69, 9.17) is 4.84 Å². The molecule has 0 N–H and O–H groups in total. The maximum absolute atomic E-state index is 11.1. The fourth-order valence-corrected chi connectivity index (χ4v) is 1.19. The lowest BCUT2D eigenvalue weighted by Crippen LogP contribution is -2.01. The second-order valence-electron chi connectivity index (χ2n) is 3.83. The molecule has 1 fully saturated rings. The molecule has 0 radical (unpaired) electrons. The Morgan fingerprint density at radius 1 is 1.40 bits per heavy atom. The third-order valence-electron chi connectivity index (χ3n) is 2.33. The highest BCUT2D eigenvalue weighted by Crippen LogP contribution is 2.30. The standard InChI is InChI=1S/C12H13NO2/c1-9-2-4-10(5-3-9)8-13-15-12(14)11-6-7-11/h2-5,8,11H,6-7H2,1H3/b13-8+. The Labute approximate surface area is 88.7 Å². The summed E-state index contributed by atoms with van der Waals surface area (Å²) < 4.78 is 0. The van der Waals surface area contributed by atoms with Crippen molar-refractivity contribution in [3.63, 3.8) is 0 Å². The van der Waals surface area contributed by atoms with Crippen molar-refractivity contribution in [2.24, 2.45) is 11.1 Å². The second kappa shape index (κ2) is 4.26. The summed E-state index contributed by atoms with van der Waals surface area (Å²) in [4.78, 5) is 15.8. The van der Waals surface area contributed by atoms with Gasteiger partial charge in [-0.1, -0.05) is 35.0 Å². The van der Waals surface area contributed by atoms with E-state index in [1.54, 1.807) is 6.21 Å². The van der Waals surface area contributed by atoms with Crippen LogP contribution in [0.1, 0.15) is 24.0 Å². The molecule has 1 aliphatic rings. The van der Waals surface area contributed by atoms with Crippen LogP contribution < -0.4 is 0 Å². The summed E-state index contributed by atoms with van der Waals surface area (Å²) in [6.07, 6.45) is 3.44. The third kappa shape index (κ3) is 2.91. The van der Waals surface area contributed by atoms with Crippen molar-refractivity contribution in [1.29, 1.82) is 0 Å². The number of nitrogens with zero attached hydrogens (tertiary/aromatic N) is 1. The Morgan fingerprint density at radius 2 is 2.07 bits per heavy atom. The highest BCUT2D eigenvalue weighted by atomic mass is 16.7. The zero-order chi connectivity index (χ0) is 10.7. The zero-order valence-corrected chi connectivity index (χ0v) is 8.64. The zero-order valence-electron chi connectivity index (χ0n) is 8.64. The first-order valence-corrected chi connectivity index (χ1v) is 5.06. The van der Waals surface area contributed by atoms with Gasteiger partial charge in [0.15, 0.2) is 0 Å². The number of benzene rings is 1. The maximum Gasteiger partial charge on any atom is 0.338 e. The van der Waals surface area contributed by atoms with Gasteiger partial charge in [0.1, 0.15) is 0 Å². The number of rotatable bonds is 3. The van der Waals surface area contributed by atoms with E-state index in [9.17, 15) is 4.79 Å². The van der Waals surface area contributed by atoms with Gasteiger partial charge in [0, 0.05) is 0 Å². The molecule has 1 aromatic carbocycles. The van der Waals surface area contributed by atoms with Crippen molar-refractivity contribution < 1.29 is 9.63 Å². The summed E-state index contributed by atoms with van der Waals surface area (Å²) >= 11 is 0. The van der Waals surface area contributed by atoms with E-state index in [1.165, 1.54) is 5.56 Å². The number of oxime groups is 1. The van der Waals surface area contributed by atoms with E-state index in [0.717, 1.165) is 18.4 Å². The van der Waals surface area contributed by atoms with E-state index in [1.807, 2.05) is 31.2 Å². The first kappa shape index (κ1) is 9.90. The van der Waals surface area contributed by atoms with E-state index >= 15 is 0 Å². The Balaban J connectivity index is 1.87. The molecule has 1 saturated carbocycles. The average Bonchev–Trinajstić information content (AvgIpc) is 3.04. The van der Waals surface area contributed by atoms with Crippen LogP contribution in [-0.2, 0) is 9.63 Å². The Morgan fingerprint density at radius 3 is 2.67 bits per heavy atom. The first-order chi connectivity index (χ1) is 7.25. The van der Waals surface area contributed by atoms with E-state index in [2.05, 4.69) is 5.16 Å². The minimum absolute atomic E-state index is 0.0974. The second-order valence-corrected chi connectivity index (χ2v) is 3.83. The molecule has 0 bridgehead atoms. The number of aryl methyl sites for hydroxylation is 1. The lowest BCUT2D eigenvalue weighted by atomic mass is 10.2. The van der Waals surface area contributed by atoms with E-state index in [0.29, 0.717) is 0 Å². The largest absolute Gasteiger partial charge is 0.338 e. The topological polar surface area (TPSA) is 38.7 Å². The molecule has 0 atom stereocenters. The summed E-state index contributed by atoms with van der Waals surface area (Å²) in [5, 5.41) is 3.66. The van der Waals surface area contributed by atoms with Crippen molar-refractivity contribution in [1.82, 2.24) is 0 Å². The van der Waals surface area contributed by atoms with Gasteiger partial charge in [0.25, 0.3) is 0 Å². The number of hydrogen-bond donors (Lipinski definition) is 0. The molecule has 3 heteroatoms. The molecule has 1 aromatic rings. The van der Waals surface area contributed by atoms with Gasteiger partial charge in [-0.25, -0.2) is 4.79 Å². The molecule has 78 valence electrons. The van der Waals surface area contributed by atoms with Crippen LogP contribution in [0, 0.1) is 12.8 Å². The Kier molecular flexibility index (Phi) is 2.81. The lowest BCUT2D eigenvalue weighted by Gasteiger charge is -1.95. The van der Waals surface area contributed by atoms with Gasteiger partial charge in [-0.15, -0.1) is 0 Å². The molecule has 3 nitrogen and oxygen atoms in total. The van der Waals surface area contributed by atoms with Crippen LogP contribution in [0.2, 0.25) is 0 Å². The summed E-state index contributed by atoms with van der Waals surface area (Å²) in [5.41, 5.74) is 2.13. The molecule has 0 spiro atoms. The predicted octanol–water partition coefficient (Wildman–Crippen LogP) is 2.28. The van der Waals surface area contributed by atoms with Crippen molar-refractivity contribution >= 4 is 12.2 Å². The molecular weight excluding hydrogens is 190 g/mol. The summed E-state index contributed by atoms with van der Waals surface area (Å²) in [5.74, 6) is -0.112. The summed E-state index contributed by atoms with van der Waals surface area (Å²) in [7, 11) is 0. The van der Waals surface area contributed by atoms with Crippen LogP contribution in [0.3, 0.4) is 0 Å². The van der Waals surface area contributed by atoms with E-state index < -0.39 is 0 Å². The van der Waals surface area contributed by atoms with Gasteiger partial charge in [0.05, 0.1) is 12.1 Å². The van der Waals surface area contributed by atoms with Crippen LogP contribution >= 0.6 is 0 Å². The van der Waals surface area contributed by atoms with Crippen LogP contribution in [0.4, 0.5) is 0 Å². The number of carbonyl (C=O) groups is 1. The van der Waals surface area contributed by atoms with E-state index in [-0.39, 0.29) is 11.9 Å². The van der Waals surface area contributed by atoms with Gasteiger partial charge in [-0.2, -0.15) is 0 Å². The first-order valence-electron chi connectivity index (χ1n) is 5.06. The molecule has 0 saturated heterocycles. The van der Waals surface area contributed by atoms with Gasteiger partial charge < -0.3 is 4.84 Å². The summed E-state index contributed by atoms with van der Waals surface area (Å²) in [6.45, 7) is 2.02. The lowest BCUT2D eigenvalue weighted by molar-refractivity contribution is -0.145. The fourth-order valence-electron chi connectivity index (χ4n) is 1.19. The van der Waals surface area contributed by atoms with Crippen molar-refractivity contribution in [2.75, 3.05) is 0 Å². The SMILES string of the molecule is Cc1ccc(/C=N/OC(=O)C2CC2)cc1. The molecule has 1 aliphatic carbocycles. The molecule has 0 aliphatic heterocycles. The van der Waals surface area contributed by atoms with Crippen molar-refractivity contribution in [2.45, 2.75) is 19.8 Å². The number of hydrogen-bond acceptors (Lipinski definition) is 3. The quantitative estimate of drug-likeness (QED) is 0.429. The van der Waals surface area contributed by atoms with Crippen molar-refractivity contribution in [3.05, 3.63) is 35.4 Å². The molecule has 2 rings (SSSR count). The molecule has 0 amide bonds. The van der Waals surface area contributed by atoms with Crippen LogP contribution in [0.15, 0.2) is 29.4 Å². The monoisotopic (exact) mass is 203 g/mol. The smallest absolute Gasteiger partial charge is 0.318 e. The summed E-state index contributed by atoms with van der Waals surface area (Å²) in [6, 6.07) is 7.85. The molecule has 0 unspecified atom stereocenters. The minimum Gasteiger partial charge on any atom is -0.318 e. The van der Waals surface area contributed by atoms with Crippen molar-refractivity contribution in [3.8, 4) is 0 Å². The predicted molar refractivity (Wildman–Crippen MR) is 57.6 cm³/mol. The Bertz CT molecular complexity index is 377. The van der Waals surface area contributed by atoms with Crippen LogP contribution in [0.5, 0.6) is 0 Å². The van der Waals surface area contributed by atoms with Crippen LogP contribution in [0.25, 0.3) is 0 Å². The normalized spacial score (nSPS) is 15.5. The molecular formula is C12H13NO2. The number of carbonyl (C=O) groups excluding carboxylic acids is 1. The molecule has 0 aromatic heterocycles. The average molecular weight is 203 g/mol. The fraction of sp³-hybridized carbons (Fsp3) is 0.333. The molecule has 0 heterocycles. The third-order valence-corrected chi connectivity index (χ3v) is 2.33. The van der Waals surface area contributed by atoms with Gasteiger partial charge in [-0.3, -0.25) is 0 Å². The van der Waals surface area contributed by atoms with Gasteiger partial charge in [-0.05, 0) is 25.3 Å². The van der Waals surface area contributed by atoms with Crippen LogP contribution in [-0.4, -0.2) is 12.2 Å². The van der Waals surface area contributed by atoms with Gasteiger partial charge in [0.2, 0.25) is 0 Å². The highest BCUT2D eigenvalue weighted by Gasteiger charge is 2.31.